The van der Waals surface area contributed by atoms with E-state index < -0.39 is 6.29 Å². The number of carbonyl (C=O) groups excluding carboxylic acids is 1. The summed E-state index contributed by atoms with van der Waals surface area (Å²) in [5.74, 6) is 0.591. The second kappa shape index (κ2) is 14.4. The number of anilines is 1. The van der Waals surface area contributed by atoms with Crippen LogP contribution in [0.3, 0.4) is 0 Å². The molecule has 1 aliphatic rings. The summed E-state index contributed by atoms with van der Waals surface area (Å²) in [7, 11) is 0. The Hall–Kier alpha value is -3.82. The van der Waals surface area contributed by atoms with Gasteiger partial charge in [-0.25, -0.2) is 4.79 Å². The van der Waals surface area contributed by atoms with Crippen molar-refractivity contribution in [2.24, 2.45) is 0 Å². The molecule has 218 valence electrons. The van der Waals surface area contributed by atoms with Gasteiger partial charge in [0, 0.05) is 40.9 Å². The van der Waals surface area contributed by atoms with Crippen molar-refractivity contribution in [3.05, 3.63) is 131 Å². The predicted molar refractivity (Wildman–Crippen MR) is 167 cm³/mol. The average molecular weight is 584 g/mol. The summed E-state index contributed by atoms with van der Waals surface area (Å²) < 4.78 is 13.5. The van der Waals surface area contributed by atoms with E-state index in [0.717, 1.165) is 38.4 Å². The molecular weight excluding hydrogens is 546 g/mol. The first-order valence-corrected chi connectivity index (χ1v) is 15.2. The van der Waals surface area contributed by atoms with Crippen molar-refractivity contribution >= 4 is 23.5 Å². The molecule has 4 atom stereocenters. The number of aliphatic hydroxyl groups is 1. The van der Waals surface area contributed by atoms with Gasteiger partial charge in [0.25, 0.3) is 0 Å². The van der Waals surface area contributed by atoms with E-state index in [1.807, 2.05) is 97.9 Å². The molecule has 0 bridgehead atoms. The van der Waals surface area contributed by atoms with Gasteiger partial charge in [-0.1, -0.05) is 91.0 Å². The molecule has 2 amide bonds. The molecule has 8 heteroatoms. The minimum Gasteiger partial charge on any atom is -0.398 e. The Morgan fingerprint density at radius 1 is 0.810 bits per heavy atom. The highest BCUT2D eigenvalue weighted by Crippen LogP contribution is 2.48. The fourth-order valence-corrected chi connectivity index (χ4v) is 6.17. The number of aliphatic hydroxyl groups excluding tert-OH is 1. The van der Waals surface area contributed by atoms with Crippen LogP contribution in [-0.2, 0) is 22.6 Å². The SMILES string of the molecule is CCNC(=O)NCc1ccc(C2O[C@H](CSc3ccccc3N)[C@@H](c3ccccc3)[C@H](c3ccc(CO)cc3)O2)cc1. The van der Waals surface area contributed by atoms with Gasteiger partial charge >= 0.3 is 6.03 Å². The molecule has 1 saturated heterocycles. The van der Waals surface area contributed by atoms with Crippen molar-refractivity contribution in [3.8, 4) is 0 Å². The summed E-state index contributed by atoms with van der Waals surface area (Å²) in [5, 5.41) is 15.2. The number of nitrogens with two attached hydrogens (primary N) is 1. The van der Waals surface area contributed by atoms with E-state index in [1.165, 1.54) is 0 Å². The molecule has 0 aromatic heterocycles. The molecule has 1 aliphatic heterocycles. The lowest BCUT2D eigenvalue weighted by Gasteiger charge is -2.43. The Morgan fingerprint density at radius 2 is 1.48 bits per heavy atom. The van der Waals surface area contributed by atoms with E-state index in [1.54, 1.807) is 11.8 Å². The van der Waals surface area contributed by atoms with Crippen molar-refractivity contribution in [3.63, 3.8) is 0 Å². The average Bonchev–Trinajstić information content (AvgIpc) is 3.04. The van der Waals surface area contributed by atoms with Crippen molar-refractivity contribution in [2.45, 2.75) is 49.4 Å². The maximum Gasteiger partial charge on any atom is 0.315 e. The van der Waals surface area contributed by atoms with E-state index in [2.05, 4.69) is 22.8 Å². The van der Waals surface area contributed by atoms with Crippen LogP contribution in [-0.4, -0.2) is 29.5 Å². The van der Waals surface area contributed by atoms with Crippen molar-refractivity contribution in [1.29, 1.82) is 0 Å². The highest BCUT2D eigenvalue weighted by atomic mass is 32.2. The lowest BCUT2D eigenvalue weighted by Crippen LogP contribution is -2.38. The van der Waals surface area contributed by atoms with E-state index >= 15 is 0 Å². The molecule has 0 radical (unpaired) electrons. The number of nitrogen functional groups attached to an aromatic ring is 1. The smallest absolute Gasteiger partial charge is 0.315 e. The summed E-state index contributed by atoms with van der Waals surface area (Å²) in [6, 6.07) is 33.9. The number of amides is 2. The number of nitrogens with one attached hydrogen (secondary N) is 2. The zero-order chi connectivity index (χ0) is 29.3. The van der Waals surface area contributed by atoms with Crippen LogP contribution in [0.5, 0.6) is 0 Å². The molecular formula is C34H37N3O4S. The fourth-order valence-electron chi connectivity index (χ4n) is 5.13. The van der Waals surface area contributed by atoms with Gasteiger partial charge in [-0.2, -0.15) is 0 Å². The quantitative estimate of drug-likeness (QED) is 0.129. The first-order chi connectivity index (χ1) is 20.6. The van der Waals surface area contributed by atoms with Crippen LogP contribution in [0.25, 0.3) is 0 Å². The van der Waals surface area contributed by atoms with Crippen LogP contribution in [0.4, 0.5) is 10.5 Å². The van der Waals surface area contributed by atoms with E-state index in [-0.39, 0.29) is 30.8 Å². The molecule has 7 nitrogen and oxygen atoms in total. The number of carbonyl (C=O) groups is 1. The summed E-state index contributed by atoms with van der Waals surface area (Å²) in [4.78, 5) is 12.8. The second-order valence-corrected chi connectivity index (χ2v) is 11.3. The Labute approximate surface area is 251 Å². The number of thioether (sulfide) groups is 1. The first-order valence-electron chi connectivity index (χ1n) is 14.2. The fraction of sp³-hybridized carbons (Fsp3) is 0.265. The normalized spacial score (nSPS) is 20.1. The minimum absolute atomic E-state index is 0.0152. The molecule has 5 rings (SSSR count). The van der Waals surface area contributed by atoms with Gasteiger partial charge in [0.1, 0.15) is 0 Å². The third-order valence-electron chi connectivity index (χ3n) is 7.34. The Bertz CT molecular complexity index is 1430. The van der Waals surface area contributed by atoms with Gasteiger partial charge in [-0.15, -0.1) is 11.8 Å². The third-order valence-corrected chi connectivity index (χ3v) is 8.51. The molecule has 0 saturated carbocycles. The molecule has 1 unspecified atom stereocenters. The van der Waals surface area contributed by atoms with Crippen LogP contribution in [0.15, 0.2) is 108 Å². The first kappa shape index (κ1) is 29.7. The van der Waals surface area contributed by atoms with Crippen molar-refractivity contribution in [1.82, 2.24) is 10.6 Å². The van der Waals surface area contributed by atoms with Crippen LogP contribution in [0.1, 0.15) is 53.1 Å². The van der Waals surface area contributed by atoms with Gasteiger partial charge in [-0.3, -0.25) is 0 Å². The minimum atomic E-state index is -0.600. The molecule has 0 aliphatic carbocycles. The number of benzene rings is 4. The zero-order valence-corrected chi connectivity index (χ0v) is 24.4. The largest absolute Gasteiger partial charge is 0.398 e. The Morgan fingerprint density at radius 3 is 2.17 bits per heavy atom. The van der Waals surface area contributed by atoms with Gasteiger partial charge in [0.2, 0.25) is 0 Å². The number of urea groups is 1. The highest BCUT2D eigenvalue weighted by molar-refractivity contribution is 7.99. The van der Waals surface area contributed by atoms with Crippen LogP contribution in [0, 0.1) is 0 Å². The standard InChI is InChI=1S/C34H37N3O4S/c1-2-36-34(39)37-20-23-12-18-27(19-13-23)33-40-29(22-42-30-11-7-6-10-28(30)35)31(25-8-4-3-5-9-25)32(41-33)26-16-14-24(21-38)15-17-26/h3-19,29,31-33,38H,2,20-22,35H2,1H3,(H2,36,37,39)/t29-,31-,32+,33?/m1/s1. The van der Waals surface area contributed by atoms with Gasteiger partial charge in [0.15, 0.2) is 6.29 Å². The van der Waals surface area contributed by atoms with Gasteiger partial charge in [0.05, 0.1) is 18.8 Å². The Kier molecular flexibility index (Phi) is 10.2. The summed E-state index contributed by atoms with van der Waals surface area (Å²) in [5.41, 5.74) is 11.9. The van der Waals surface area contributed by atoms with Gasteiger partial charge in [-0.05, 0) is 41.3 Å². The van der Waals surface area contributed by atoms with Crippen molar-refractivity contribution < 1.29 is 19.4 Å². The molecule has 42 heavy (non-hydrogen) atoms. The monoisotopic (exact) mass is 583 g/mol. The van der Waals surface area contributed by atoms with Crippen LogP contribution < -0.4 is 16.4 Å². The van der Waals surface area contributed by atoms with Crippen LogP contribution >= 0.6 is 11.8 Å². The topological polar surface area (TPSA) is 106 Å². The van der Waals surface area contributed by atoms with E-state index in [0.29, 0.717) is 18.8 Å². The second-order valence-electron chi connectivity index (χ2n) is 10.2. The van der Waals surface area contributed by atoms with E-state index in [9.17, 15) is 9.90 Å². The zero-order valence-electron chi connectivity index (χ0n) is 23.6. The van der Waals surface area contributed by atoms with E-state index in [4.69, 9.17) is 15.2 Å². The van der Waals surface area contributed by atoms with Crippen LogP contribution in [0.2, 0.25) is 0 Å². The predicted octanol–water partition coefficient (Wildman–Crippen LogP) is 6.31. The molecule has 4 aromatic carbocycles. The van der Waals surface area contributed by atoms with Crippen molar-refractivity contribution in [2.75, 3.05) is 18.0 Å². The summed E-state index contributed by atoms with van der Waals surface area (Å²) in [6.45, 7) is 2.87. The molecule has 0 spiro atoms. The lowest BCUT2D eigenvalue weighted by molar-refractivity contribution is -0.255. The number of para-hydroxylation sites is 1. The molecule has 1 fully saturated rings. The van der Waals surface area contributed by atoms with Gasteiger partial charge < -0.3 is 30.9 Å². The molecule has 1 heterocycles. The molecule has 5 N–H and O–H groups in total. The maximum absolute atomic E-state index is 11.8. The number of hydrogen-bond acceptors (Lipinski definition) is 6. The molecule has 4 aromatic rings. The third kappa shape index (κ3) is 7.33. The number of rotatable bonds is 10. The highest BCUT2D eigenvalue weighted by Gasteiger charge is 2.41. The lowest BCUT2D eigenvalue weighted by atomic mass is 9.84. The number of hydrogen-bond donors (Lipinski definition) is 4. The maximum atomic E-state index is 11.8. The summed E-state index contributed by atoms with van der Waals surface area (Å²) in [6.07, 6.45) is -1.09. The summed E-state index contributed by atoms with van der Waals surface area (Å²) >= 11 is 1.68. The Balaban J connectivity index is 1.46. The number of ether oxygens (including phenoxy) is 2.